The lowest BCUT2D eigenvalue weighted by atomic mass is 10.0. The van der Waals surface area contributed by atoms with Crippen LogP contribution in [0.25, 0.3) is 11.5 Å². The highest BCUT2D eigenvalue weighted by molar-refractivity contribution is 6.30. The van der Waals surface area contributed by atoms with Crippen molar-refractivity contribution in [1.82, 2.24) is 24.7 Å². The number of hydrogen-bond acceptors (Lipinski definition) is 8. The smallest absolute Gasteiger partial charge is 0.270 e. The van der Waals surface area contributed by atoms with E-state index < -0.39 is 17.5 Å². The zero-order chi connectivity index (χ0) is 24.9. The second kappa shape index (κ2) is 10.5. The molecule has 0 spiro atoms. The van der Waals surface area contributed by atoms with Gasteiger partial charge in [-0.25, -0.2) is 0 Å². The van der Waals surface area contributed by atoms with Crippen molar-refractivity contribution in [3.8, 4) is 23.4 Å². The molecule has 0 aliphatic carbocycles. The van der Waals surface area contributed by atoms with Crippen molar-refractivity contribution in [2.45, 2.75) is 45.6 Å². The van der Waals surface area contributed by atoms with E-state index in [0.717, 1.165) is 18.4 Å². The van der Waals surface area contributed by atoms with E-state index in [9.17, 15) is 15.2 Å². The lowest BCUT2D eigenvalue weighted by molar-refractivity contribution is 0.431. The first-order chi connectivity index (χ1) is 16.9. The van der Waals surface area contributed by atoms with Crippen LogP contribution in [0.2, 0.25) is 5.02 Å². The molecular weight excluding hydrogens is 468 g/mol. The van der Waals surface area contributed by atoms with Gasteiger partial charge in [-0.15, -0.1) is 10.2 Å². The zero-order valence-electron chi connectivity index (χ0n) is 19.3. The number of aromatic hydroxyl groups is 1. The number of benzene rings is 1. The molecule has 0 aliphatic heterocycles. The summed E-state index contributed by atoms with van der Waals surface area (Å²) < 4.78 is 7.23. The predicted molar refractivity (Wildman–Crippen MR) is 129 cm³/mol. The molecule has 4 rings (SSSR count). The minimum atomic E-state index is -0.502. The largest absolute Gasteiger partial charge is 0.493 e. The summed E-state index contributed by atoms with van der Waals surface area (Å²) in [5, 5.41) is 28.5. The highest BCUT2D eigenvalue weighted by atomic mass is 35.5. The number of halogens is 1. The van der Waals surface area contributed by atoms with Crippen LogP contribution in [-0.4, -0.2) is 29.8 Å². The van der Waals surface area contributed by atoms with E-state index >= 15 is 0 Å². The topological polar surface area (TPSA) is 131 Å². The van der Waals surface area contributed by atoms with E-state index in [-0.39, 0.29) is 23.8 Å². The SMILES string of the molecule is CCCCc1nc(O)c(-c2nnc(Cc3ccc(Cl)cn3)o2)c(=O)n1[C@@H](C)c1cccc(C#N)c1. The Morgan fingerprint density at radius 2 is 2.09 bits per heavy atom. The monoisotopic (exact) mass is 490 g/mol. The standard InChI is InChI=1S/C25H23ClN6O3/c1-3-4-8-20-29-23(33)22(24-31-30-21(35-24)12-19-10-9-18(26)14-28-19)25(34)32(20)15(2)17-7-5-6-16(11-17)13-27/h5-7,9-11,14-15,33H,3-4,8,12H2,1-2H3/t15-/m0/s1. The fourth-order valence-corrected chi connectivity index (χ4v) is 3.88. The molecule has 1 atom stereocenters. The summed E-state index contributed by atoms with van der Waals surface area (Å²) in [6.45, 7) is 3.88. The Hall–Kier alpha value is -4.03. The average molecular weight is 491 g/mol. The van der Waals surface area contributed by atoms with Crippen LogP contribution in [0.3, 0.4) is 0 Å². The van der Waals surface area contributed by atoms with Crippen molar-refractivity contribution in [3.63, 3.8) is 0 Å². The summed E-state index contributed by atoms with van der Waals surface area (Å²) in [6, 6.07) is 12.2. The van der Waals surface area contributed by atoms with Gasteiger partial charge in [-0.1, -0.05) is 37.1 Å². The third kappa shape index (κ3) is 5.23. The molecule has 178 valence electrons. The van der Waals surface area contributed by atoms with E-state index in [1.54, 1.807) is 30.3 Å². The first kappa shape index (κ1) is 24.1. The summed E-state index contributed by atoms with van der Waals surface area (Å²) in [6.07, 6.45) is 3.93. The maximum absolute atomic E-state index is 13.7. The van der Waals surface area contributed by atoms with Crippen LogP contribution in [0.15, 0.2) is 51.8 Å². The normalized spacial score (nSPS) is 11.8. The van der Waals surface area contributed by atoms with E-state index in [1.165, 1.54) is 10.8 Å². The second-order valence-corrected chi connectivity index (χ2v) is 8.50. The molecule has 4 aromatic rings. The summed E-state index contributed by atoms with van der Waals surface area (Å²) >= 11 is 5.88. The van der Waals surface area contributed by atoms with E-state index in [4.69, 9.17) is 16.0 Å². The Balaban J connectivity index is 1.77. The Bertz CT molecular complexity index is 1440. The summed E-state index contributed by atoms with van der Waals surface area (Å²) in [5.41, 5.74) is 1.24. The van der Waals surface area contributed by atoms with Crippen LogP contribution in [0.1, 0.15) is 61.3 Å². The fraction of sp³-hybridized carbons (Fsp3) is 0.280. The molecule has 3 aromatic heterocycles. The third-order valence-corrected chi connectivity index (χ3v) is 5.83. The van der Waals surface area contributed by atoms with Gasteiger partial charge in [0.2, 0.25) is 11.8 Å². The molecule has 1 aromatic carbocycles. The van der Waals surface area contributed by atoms with Gasteiger partial charge in [-0.3, -0.25) is 14.3 Å². The number of unbranched alkanes of at least 4 members (excludes halogenated alkanes) is 1. The van der Waals surface area contributed by atoms with Gasteiger partial charge in [0.05, 0.1) is 29.1 Å². The summed E-state index contributed by atoms with van der Waals surface area (Å²) in [5.74, 6) is 0.0796. The number of pyridine rings is 1. The quantitative estimate of drug-likeness (QED) is 0.383. The maximum atomic E-state index is 13.7. The molecule has 35 heavy (non-hydrogen) atoms. The molecule has 3 heterocycles. The molecule has 0 unspecified atom stereocenters. The Kier molecular flexibility index (Phi) is 7.22. The van der Waals surface area contributed by atoms with Crippen LogP contribution in [0.5, 0.6) is 5.88 Å². The molecule has 1 N–H and O–H groups in total. The van der Waals surface area contributed by atoms with Crippen LogP contribution < -0.4 is 5.56 Å². The minimum Gasteiger partial charge on any atom is -0.493 e. The molecule has 0 amide bonds. The minimum absolute atomic E-state index is 0.127. The third-order valence-electron chi connectivity index (χ3n) is 5.61. The lowest BCUT2D eigenvalue weighted by Crippen LogP contribution is -2.30. The predicted octanol–water partition coefficient (Wildman–Crippen LogP) is 4.46. The number of nitriles is 1. The number of aromatic nitrogens is 5. The lowest BCUT2D eigenvalue weighted by Gasteiger charge is -2.20. The molecule has 0 radical (unpaired) electrons. The highest BCUT2D eigenvalue weighted by Gasteiger charge is 2.25. The average Bonchev–Trinajstić information content (AvgIpc) is 3.31. The van der Waals surface area contributed by atoms with Gasteiger partial charge in [0.25, 0.3) is 11.4 Å². The van der Waals surface area contributed by atoms with Gasteiger partial charge in [0, 0.05) is 18.3 Å². The zero-order valence-corrected chi connectivity index (χ0v) is 20.0. The van der Waals surface area contributed by atoms with Crippen LogP contribution in [0.4, 0.5) is 0 Å². The number of hydrogen-bond donors (Lipinski definition) is 1. The number of rotatable bonds is 8. The molecule has 0 saturated carbocycles. The van der Waals surface area contributed by atoms with E-state index in [1.807, 2.05) is 19.9 Å². The number of nitrogens with zero attached hydrogens (tertiary/aromatic N) is 6. The van der Waals surface area contributed by atoms with E-state index in [2.05, 4.69) is 26.2 Å². The molecule has 0 fully saturated rings. The van der Waals surface area contributed by atoms with Crippen LogP contribution >= 0.6 is 11.6 Å². The summed E-state index contributed by atoms with van der Waals surface area (Å²) in [4.78, 5) is 22.2. The Morgan fingerprint density at radius 1 is 1.26 bits per heavy atom. The highest BCUT2D eigenvalue weighted by Crippen LogP contribution is 2.27. The van der Waals surface area contributed by atoms with Gasteiger partial charge < -0.3 is 9.52 Å². The second-order valence-electron chi connectivity index (χ2n) is 8.06. The Morgan fingerprint density at radius 3 is 2.80 bits per heavy atom. The number of aryl methyl sites for hydroxylation is 1. The van der Waals surface area contributed by atoms with Gasteiger partial charge >= 0.3 is 0 Å². The maximum Gasteiger partial charge on any atom is 0.270 e. The van der Waals surface area contributed by atoms with Gasteiger partial charge in [0.15, 0.2) is 5.56 Å². The van der Waals surface area contributed by atoms with Crippen molar-refractivity contribution in [2.75, 3.05) is 0 Å². The fourth-order valence-electron chi connectivity index (χ4n) is 3.77. The van der Waals surface area contributed by atoms with Crippen LogP contribution in [-0.2, 0) is 12.8 Å². The first-order valence-corrected chi connectivity index (χ1v) is 11.6. The Labute approximate surface area is 206 Å². The van der Waals surface area contributed by atoms with Crippen molar-refractivity contribution in [1.29, 1.82) is 5.26 Å². The van der Waals surface area contributed by atoms with Crippen molar-refractivity contribution >= 4 is 11.6 Å². The molecule has 0 bridgehead atoms. The van der Waals surface area contributed by atoms with Gasteiger partial charge in [-0.2, -0.15) is 10.2 Å². The van der Waals surface area contributed by atoms with Crippen molar-refractivity contribution in [3.05, 3.63) is 86.5 Å². The van der Waals surface area contributed by atoms with Crippen molar-refractivity contribution in [2.24, 2.45) is 0 Å². The van der Waals surface area contributed by atoms with E-state index in [0.29, 0.717) is 28.5 Å². The van der Waals surface area contributed by atoms with Gasteiger partial charge in [-0.05, 0) is 43.2 Å². The molecule has 10 heteroatoms. The molecule has 0 saturated heterocycles. The first-order valence-electron chi connectivity index (χ1n) is 11.2. The molecular formula is C25H23ClN6O3. The van der Waals surface area contributed by atoms with Gasteiger partial charge in [0.1, 0.15) is 5.82 Å². The van der Waals surface area contributed by atoms with Crippen molar-refractivity contribution < 1.29 is 9.52 Å². The summed E-state index contributed by atoms with van der Waals surface area (Å²) in [7, 11) is 0. The molecule has 9 nitrogen and oxygen atoms in total. The molecule has 0 aliphatic rings. The van der Waals surface area contributed by atoms with Crippen LogP contribution in [0, 0.1) is 11.3 Å².